The van der Waals surface area contributed by atoms with Crippen molar-refractivity contribution in [1.82, 2.24) is 24.6 Å². The molecule has 3 aromatic rings. The average molecular weight is 307 g/mol. The first-order chi connectivity index (χ1) is 11.3. The molecule has 0 bridgehead atoms. The summed E-state index contributed by atoms with van der Waals surface area (Å²) in [6.07, 6.45) is 7.25. The normalized spacial score (nSPS) is 17.6. The number of nitrogens with zero attached hydrogens (tertiary/aromatic N) is 4. The number of aromatic nitrogens is 4. The number of likely N-dealkylation sites (tertiary alicyclic amines) is 1. The number of rotatable bonds is 3. The Morgan fingerprint density at radius 2 is 2.09 bits per heavy atom. The van der Waals surface area contributed by atoms with Gasteiger partial charge in [0.05, 0.1) is 11.7 Å². The van der Waals surface area contributed by atoms with Crippen molar-refractivity contribution in [2.24, 2.45) is 0 Å². The highest BCUT2D eigenvalue weighted by atomic mass is 16.2. The molecular formula is C17H17N5O. The predicted molar refractivity (Wildman–Crippen MR) is 85.2 cm³/mol. The average Bonchev–Trinajstić information content (AvgIpc) is 3.34. The SMILES string of the molecule is O=C(c1ccn(-c2ccccc2)n1)N1CCC[C@@H]1c1ncc[nH]1. The maximum atomic E-state index is 12.8. The highest BCUT2D eigenvalue weighted by molar-refractivity contribution is 5.92. The fourth-order valence-corrected chi connectivity index (χ4v) is 3.06. The molecule has 116 valence electrons. The molecule has 0 aliphatic carbocycles. The van der Waals surface area contributed by atoms with Crippen molar-refractivity contribution in [3.8, 4) is 5.69 Å². The minimum absolute atomic E-state index is 0.0133. The molecule has 2 aromatic heterocycles. The van der Waals surface area contributed by atoms with Gasteiger partial charge in [-0.1, -0.05) is 18.2 Å². The predicted octanol–water partition coefficient (Wildman–Crippen LogP) is 2.57. The summed E-state index contributed by atoms with van der Waals surface area (Å²) < 4.78 is 1.73. The molecule has 0 spiro atoms. The van der Waals surface area contributed by atoms with E-state index in [0.717, 1.165) is 30.9 Å². The van der Waals surface area contributed by atoms with Crippen LogP contribution in [0.1, 0.15) is 35.2 Å². The van der Waals surface area contributed by atoms with Crippen molar-refractivity contribution in [2.75, 3.05) is 6.54 Å². The van der Waals surface area contributed by atoms with Crippen LogP contribution in [0, 0.1) is 0 Å². The van der Waals surface area contributed by atoms with Crippen LogP contribution in [0.3, 0.4) is 0 Å². The summed E-state index contributed by atoms with van der Waals surface area (Å²) in [4.78, 5) is 22.1. The summed E-state index contributed by atoms with van der Waals surface area (Å²) in [5.41, 5.74) is 1.41. The van der Waals surface area contributed by atoms with Gasteiger partial charge in [-0.2, -0.15) is 5.10 Å². The molecule has 1 N–H and O–H groups in total. The van der Waals surface area contributed by atoms with E-state index < -0.39 is 0 Å². The fraction of sp³-hybridized carbons (Fsp3) is 0.235. The van der Waals surface area contributed by atoms with E-state index in [1.54, 1.807) is 23.1 Å². The number of carbonyl (C=O) groups excluding carboxylic acids is 1. The van der Waals surface area contributed by atoms with Gasteiger partial charge in [-0.3, -0.25) is 4.79 Å². The molecule has 1 saturated heterocycles. The Balaban J connectivity index is 1.59. The van der Waals surface area contributed by atoms with Gasteiger partial charge in [0, 0.05) is 25.1 Å². The van der Waals surface area contributed by atoms with Crippen molar-refractivity contribution < 1.29 is 4.79 Å². The van der Waals surface area contributed by atoms with Crippen LogP contribution >= 0.6 is 0 Å². The monoisotopic (exact) mass is 307 g/mol. The molecule has 1 fully saturated rings. The Morgan fingerprint density at radius 3 is 2.87 bits per heavy atom. The molecule has 6 nitrogen and oxygen atoms in total. The van der Waals surface area contributed by atoms with Crippen LogP contribution in [0.4, 0.5) is 0 Å². The third-order valence-corrected chi connectivity index (χ3v) is 4.18. The van der Waals surface area contributed by atoms with Gasteiger partial charge in [0.2, 0.25) is 0 Å². The zero-order valence-electron chi connectivity index (χ0n) is 12.6. The fourth-order valence-electron chi connectivity index (χ4n) is 3.06. The second kappa shape index (κ2) is 5.72. The highest BCUT2D eigenvalue weighted by Gasteiger charge is 2.33. The standard InChI is InChI=1S/C17H17N5O/c23-17(21-11-4-7-15(21)16-18-9-10-19-16)14-8-12-22(20-14)13-5-2-1-3-6-13/h1-3,5-6,8-10,12,15H,4,7,11H2,(H,18,19)/t15-/m1/s1. The molecule has 6 heteroatoms. The Morgan fingerprint density at radius 1 is 1.22 bits per heavy atom. The lowest BCUT2D eigenvalue weighted by atomic mass is 10.2. The van der Waals surface area contributed by atoms with Crippen LogP contribution in [-0.4, -0.2) is 37.1 Å². The second-order valence-corrected chi connectivity index (χ2v) is 5.61. The molecule has 4 rings (SSSR count). The Bertz CT molecular complexity index is 794. The van der Waals surface area contributed by atoms with Crippen LogP contribution < -0.4 is 0 Å². The number of hydrogen-bond donors (Lipinski definition) is 1. The Labute approximate surface area is 133 Å². The van der Waals surface area contributed by atoms with Gasteiger partial charge >= 0.3 is 0 Å². The molecule has 1 amide bonds. The highest BCUT2D eigenvalue weighted by Crippen LogP contribution is 2.30. The first-order valence-electron chi connectivity index (χ1n) is 7.74. The maximum absolute atomic E-state index is 12.8. The first-order valence-corrected chi connectivity index (χ1v) is 7.74. The van der Waals surface area contributed by atoms with Crippen LogP contribution in [0.15, 0.2) is 55.0 Å². The van der Waals surface area contributed by atoms with E-state index >= 15 is 0 Å². The van der Waals surface area contributed by atoms with Gasteiger partial charge in [0.15, 0.2) is 5.69 Å². The van der Waals surface area contributed by atoms with Crippen molar-refractivity contribution in [3.05, 3.63) is 66.5 Å². The van der Waals surface area contributed by atoms with Gasteiger partial charge in [-0.15, -0.1) is 0 Å². The second-order valence-electron chi connectivity index (χ2n) is 5.61. The first kappa shape index (κ1) is 13.8. The minimum atomic E-state index is -0.0430. The molecule has 1 atom stereocenters. The number of amides is 1. The van der Waals surface area contributed by atoms with Crippen molar-refractivity contribution in [1.29, 1.82) is 0 Å². The van der Waals surface area contributed by atoms with E-state index in [1.165, 1.54) is 0 Å². The Hall–Kier alpha value is -2.89. The molecule has 3 heterocycles. The van der Waals surface area contributed by atoms with E-state index in [2.05, 4.69) is 15.1 Å². The molecule has 0 radical (unpaired) electrons. The molecular weight excluding hydrogens is 290 g/mol. The van der Waals surface area contributed by atoms with Crippen LogP contribution in [0.25, 0.3) is 5.69 Å². The zero-order chi connectivity index (χ0) is 15.6. The third-order valence-electron chi connectivity index (χ3n) is 4.18. The van der Waals surface area contributed by atoms with Gasteiger partial charge in [-0.05, 0) is 31.0 Å². The topological polar surface area (TPSA) is 66.8 Å². The quantitative estimate of drug-likeness (QED) is 0.808. The molecule has 23 heavy (non-hydrogen) atoms. The molecule has 1 aromatic carbocycles. The van der Waals surface area contributed by atoms with E-state index in [1.807, 2.05) is 41.4 Å². The lowest BCUT2D eigenvalue weighted by Gasteiger charge is -2.22. The number of benzene rings is 1. The van der Waals surface area contributed by atoms with Crippen molar-refractivity contribution in [3.63, 3.8) is 0 Å². The number of para-hydroxylation sites is 1. The van der Waals surface area contributed by atoms with Gasteiger partial charge in [0.25, 0.3) is 5.91 Å². The van der Waals surface area contributed by atoms with E-state index in [0.29, 0.717) is 5.69 Å². The molecule has 1 aliphatic heterocycles. The van der Waals surface area contributed by atoms with E-state index in [9.17, 15) is 4.79 Å². The number of H-pyrrole nitrogens is 1. The van der Waals surface area contributed by atoms with Crippen LogP contribution in [0.2, 0.25) is 0 Å². The number of hydrogen-bond acceptors (Lipinski definition) is 3. The van der Waals surface area contributed by atoms with Gasteiger partial charge in [0.1, 0.15) is 5.82 Å². The number of imidazole rings is 1. The number of carbonyl (C=O) groups is 1. The smallest absolute Gasteiger partial charge is 0.274 e. The molecule has 0 saturated carbocycles. The largest absolute Gasteiger partial charge is 0.347 e. The van der Waals surface area contributed by atoms with Crippen LogP contribution in [-0.2, 0) is 0 Å². The Kier molecular flexibility index (Phi) is 3.42. The summed E-state index contributed by atoms with van der Waals surface area (Å²) in [7, 11) is 0. The molecule has 1 aliphatic rings. The van der Waals surface area contributed by atoms with Gasteiger partial charge < -0.3 is 9.88 Å². The summed E-state index contributed by atoms with van der Waals surface area (Å²) >= 11 is 0. The molecule has 0 unspecified atom stereocenters. The van der Waals surface area contributed by atoms with Crippen molar-refractivity contribution >= 4 is 5.91 Å². The van der Waals surface area contributed by atoms with Gasteiger partial charge in [-0.25, -0.2) is 9.67 Å². The lowest BCUT2D eigenvalue weighted by Crippen LogP contribution is -2.31. The zero-order valence-corrected chi connectivity index (χ0v) is 12.6. The number of nitrogens with one attached hydrogen (secondary N) is 1. The maximum Gasteiger partial charge on any atom is 0.274 e. The summed E-state index contributed by atoms with van der Waals surface area (Å²) in [5.74, 6) is 0.803. The van der Waals surface area contributed by atoms with E-state index in [4.69, 9.17) is 0 Å². The third kappa shape index (κ3) is 2.52. The summed E-state index contributed by atoms with van der Waals surface area (Å²) in [6.45, 7) is 0.738. The summed E-state index contributed by atoms with van der Waals surface area (Å²) in [5, 5.41) is 4.44. The van der Waals surface area contributed by atoms with E-state index in [-0.39, 0.29) is 11.9 Å². The van der Waals surface area contributed by atoms with Crippen LogP contribution in [0.5, 0.6) is 0 Å². The minimum Gasteiger partial charge on any atom is -0.347 e. The lowest BCUT2D eigenvalue weighted by molar-refractivity contribution is 0.0724. The summed E-state index contributed by atoms with van der Waals surface area (Å²) in [6, 6.07) is 11.6. The van der Waals surface area contributed by atoms with Crippen molar-refractivity contribution in [2.45, 2.75) is 18.9 Å². The number of aromatic amines is 1.